The van der Waals surface area contributed by atoms with Gasteiger partial charge in [0.05, 0.1) is 33.3 Å². The van der Waals surface area contributed by atoms with Crippen LogP contribution >= 0.6 is 46.1 Å². The fourth-order valence-corrected chi connectivity index (χ4v) is 5.89. The van der Waals surface area contributed by atoms with E-state index in [2.05, 4.69) is 15.5 Å². The SMILES string of the molecule is CCOC(=O)CCC(NC(=O)c1ccc(Cl)c(Cl)c1)c1nnc(C)n1-c1sc(CC)cc1C(=O)c1ccccc1Cl. The van der Waals surface area contributed by atoms with Crippen molar-refractivity contribution in [1.82, 2.24) is 20.1 Å². The fraction of sp³-hybridized carbons (Fsp3) is 0.276. The first-order valence-electron chi connectivity index (χ1n) is 12.9. The lowest BCUT2D eigenvalue weighted by Crippen LogP contribution is -2.31. The maximum atomic E-state index is 13.7. The molecule has 1 unspecified atom stereocenters. The highest BCUT2D eigenvalue weighted by atomic mass is 35.5. The zero-order chi connectivity index (χ0) is 29.7. The van der Waals surface area contributed by atoms with E-state index in [0.717, 1.165) is 4.88 Å². The predicted octanol–water partition coefficient (Wildman–Crippen LogP) is 7.21. The van der Waals surface area contributed by atoms with Crippen LogP contribution in [0.2, 0.25) is 15.1 Å². The van der Waals surface area contributed by atoms with Gasteiger partial charge in [-0.05, 0) is 63.1 Å². The topological polar surface area (TPSA) is 103 Å². The van der Waals surface area contributed by atoms with Gasteiger partial charge in [-0.1, -0.05) is 53.9 Å². The minimum atomic E-state index is -0.766. The van der Waals surface area contributed by atoms with Crippen LogP contribution < -0.4 is 5.32 Å². The largest absolute Gasteiger partial charge is 0.466 e. The van der Waals surface area contributed by atoms with Crippen LogP contribution in [0.3, 0.4) is 0 Å². The molecule has 4 aromatic rings. The number of amides is 1. The molecule has 2 aromatic heterocycles. The van der Waals surface area contributed by atoms with Gasteiger partial charge in [-0.3, -0.25) is 19.0 Å². The lowest BCUT2D eigenvalue weighted by Gasteiger charge is -2.20. The maximum absolute atomic E-state index is 13.7. The molecule has 8 nitrogen and oxygen atoms in total. The first-order chi connectivity index (χ1) is 19.6. The quantitative estimate of drug-likeness (QED) is 0.138. The second kappa shape index (κ2) is 13.6. The van der Waals surface area contributed by atoms with Crippen molar-refractivity contribution in [2.75, 3.05) is 6.61 Å². The molecule has 12 heteroatoms. The number of carbonyl (C=O) groups is 3. The number of nitrogens with one attached hydrogen (secondary N) is 1. The van der Waals surface area contributed by atoms with Crippen molar-refractivity contribution < 1.29 is 19.1 Å². The number of ether oxygens (including phenoxy) is 1. The Morgan fingerprint density at radius 3 is 2.41 bits per heavy atom. The lowest BCUT2D eigenvalue weighted by atomic mass is 10.0. The van der Waals surface area contributed by atoms with Crippen LogP contribution in [0, 0.1) is 6.92 Å². The average molecular weight is 634 g/mol. The molecule has 4 rings (SSSR count). The molecule has 41 heavy (non-hydrogen) atoms. The highest BCUT2D eigenvalue weighted by Gasteiger charge is 2.29. The molecule has 0 radical (unpaired) electrons. The third-order valence-electron chi connectivity index (χ3n) is 6.27. The van der Waals surface area contributed by atoms with Gasteiger partial charge in [0, 0.05) is 22.4 Å². The number of carbonyl (C=O) groups excluding carboxylic acids is 3. The van der Waals surface area contributed by atoms with Crippen molar-refractivity contribution in [2.45, 2.75) is 46.1 Å². The molecule has 0 aliphatic carbocycles. The van der Waals surface area contributed by atoms with Gasteiger partial charge < -0.3 is 10.1 Å². The van der Waals surface area contributed by atoms with Crippen LogP contribution in [-0.2, 0) is 16.0 Å². The van der Waals surface area contributed by atoms with E-state index in [1.54, 1.807) is 48.7 Å². The minimum Gasteiger partial charge on any atom is -0.466 e. The Labute approximate surface area is 256 Å². The molecule has 0 fully saturated rings. The Kier molecular flexibility index (Phi) is 10.2. The highest BCUT2D eigenvalue weighted by molar-refractivity contribution is 7.15. The monoisotopic (exact) mass is 632 g/mol. The minimum absolute atomic E-state index is 0.0160. The molecule has 0 aliphatic rings. The van der Waals surface area contributed by atoms with E-state index < -0.39 is 17.9 Å². The molecular formula is C29H27Cl3N4O4S. The summed E-state index contributed by atoms with van der Waals surface area (Å²) in [5.74, 6) is -0.246. The van der Waals surface area contributed by atoms with Crippen molar-refractivity contribution in [3.8, 4) is 5.00 Å². The van der Waals surface area contributed by atoms with Gasteiger partial charge in [-0.15, -0.1) is 21.5 Å². The first-order valence-corrected chi connectivity index (χ1v) is 14.8. The Balaban J connectivity index is 1.78. The number of hydrogen-bond acceptors (Lipinski definition) is 7. The van der Waals surface area contributed by atoms with Crippen molar-refractivity contribution >= 4 is 63.8 Å². The average Bonchev–Trinajstić information content (AvgIpc) is 3.55. The molecule has 1 amide bonds. The maximum Gasteiger partial charge on any atom is 0.305 e. The van der Waals surface area contributed by atoms with E-state index in [9.17, 15) is 14.4 Å². The molecule has 0 saturated carbocycles. The van der Waals surface area contributed by atoms with Crippen LogP contribution in [0.5, 0.6) is 0 Å². The van der Waals surface area contributed by atoms with Gasteiger partial charge in [0.2, 0.25) is 0 Å². The summed E-state index contributed by atoms with van der Waals surface area (Å²) in [7, 11) is 0. The lowest BCUT2D eigenvalue weighted by molar-refractivity contribution is -0.143. The molecule has 214 valence electrons. The Morgan fingerprint density at radius 2 is 1.73 bits per heavy atom. The predicted molar refractivity (Wildman–Crippen MR) is 161 cm³/mol. The summed E-state index contributed by atoms with van der Waals surface area (Å²) in [6.45, 7) is 5.71. The van der Waals surface area contributed by atoms with E-state index in [1.807, 2.05) is 13.0 Å². The summed E-state index contributed by atoms with van der Waals surface area (Å²) in [6.07, 6.45) is 0.885. The van der Waals surface area contributed by atoms with Gasteiger partial charge in [-0.2, -0.15) is 0 Å². The normalized spacial score (nSPS) is 11.8. The molecule has 2 aromatic carbocycles. The molecule has 1 N–H and O–H groups in total. The number of rotatable bonds is 11. The van der Waals surface area contributed by atoms with E-state index in [1.165, 1.54) is 23.5 Å². The van der Waals surface area contributed by atoms with Crippen molar-refractivity contribution in [3.63, 3.8) is 0 Å². The zero-order valence-electron chi connectivity index (χ0n) is 22.5. The summed E-state index contributed by atoms with van der Waals surface area (Å²) in [4.78, 5) is 40.3. The van der Waals surface area contributed by atoms with Crippen LogP contribution in [-0.4, -0.2) is 39.0 Å². The van der Waals surface area contributed by atoms with Gasteiger partial charge in [-0.25, -0.2) is 0 Å². The Hall–Kier alpha value is -3.24. The number of hydrogen-bond donors (Lipinski definition) is 1. The number of halogens is 3. The summed E-state index contributed by atoms with van der Waals surface area (Å²) in [5, 5.41) is 13.1. The molecule has 0 saturated heterocycles. The van der Waals surface area contributed by atoms with E-state index >= 15 is 0 Å². The Bertz CT molecular complexity index is 1600. The van der Waals surface area contributed by atoms with Crippen molar-refractivity contribution in [3.05, 3.63) is 96.8 Å². The molecule has 1 atom stereocenters. The molecule has 2 heterocycles. The summed E-state index contributed by atoms with van der Waals surface area (Å²) < 4.78 is 6.86. The number of benzene rings is 2. The summed E-state index contributed by atoms with van der Waals surface area (Å²) in [6, 6.07) is 12.5. The van der Waals surface area contributed by atoms with Crippen LogP contribution in [0.1, 0.15) is 75.5 Å². The first kappa shape index (κ1) is 30.7. The van der Waals surface area contributed by atoms with Crippen LogP contribution in [0.4, 0.5) is 0 Å². The van der Waals surface area contributed by atoms with Crippen LogP contribution in [0.25, 0.3) is 5.00 Å². The number of aryl methyl sites for hydroxylation is 2. The number of esters is 1. The highest BCUT2D eigenvalue weighted by Crippen LogP contribution is 2.34. The van der Waals surface area contributed by atoms with Gasteiger partial charge in [0.25, 0.3) is 5.91 Å². The third-order valence-corrected chi connectivity index (χ3v) is 8.60. The Morgan fingerprint density at radius 1 is 0.976 bits per heavy atom. The molecular weight excluding hydrogens is 607 g/mol. The number of ketones is 1. The smallest absolute Gasteiger partial charge is 0.305 e. The van der Waals surface area contributed by atoms with E-state index in [0.29, 0.717) is 44.2 Å². The molecule has 0 bridgehead atoms. The number of aromatic nitrogens is 3. The second-order valence-electron chi connectivity index (χ2n) is 9.03. The molecule has 0 aliphatic heterocycles. The summed E-state index contributed by atoms with van der Waals surface area (Å²) >= 11 is 20.0. The number of thiophene rings is 1. The van der Waals surface area contributed by atoms with Crippen molar-refractivity contribution in [1.29, 1.82) is 0 Å². The van der Waals surface area contributed by atoms with Crippen LogP contribution in [0.15, 0.2) is 48.5 Å². The van der Waals surface area contributed by atoms with Crippen molar-refractivity contribution in [2.24, 2.45) is 0 Å². The fourth-order valence-electron chi connectivity index (χ4n) is 4.22. The van der Waals surface area contributed by atoms with E-state index in [-0.39, 0.29) is 35.8 Å². The third kappa shape index (κ3) is 6.98. The zero-order valence-corrected chi connectivity index (χ0v) is 25.6. The van der Waals surface area contributed by atoms with Gasteiger partial charge >= 0.3 is 5.97 Å². The number of nitrogens with zero attached hydrogens (tertiary/aromatic N) is 3. The second-order valence-corrected chi connectivity index (χ2v) is 11.4. The van der Waals surface area contributed by atoms with E-state index in [4.69, 9.17) is 39.5 Å². The summed E-state index contributed by atoms with van der Waals surface area (Å²) in [5.41, 5.74) is 1.08. The van der Waals surface area contributed by atoms with Gasteiger partial charge in [0.1, 0.15) is 10.8 Å². The molecule has 0 spiro atoms. The van der Waals surface area contributed by atoms with Gasteiger partial charge in [0.15, 0.2) is 11.6 Å². The standard InChI is InChI=1S/C29H27Cl3N4O4S/c1-4-18-15-20(26(38)19-8-6-7-9-21(19)30)29(41-18)36-16(3)34-35-27(36)24(12-13-25(37)40-5-2)33-28(39)17-10-11-22(31)23(32)14-17/h6-11,14-15,24H,4-5,12-13H2,1-3H3,(H,33,39).